The number of thiophene rings is 1. The Balaban J connectivity index is 1.46. The molecule has 0 spiro atoms. The molecule has 5 heteroatoms. The Kier molecular flexibility index (Phi) is 6.25. The van der Waals surface area contributed by atoms with Gasteiger partial charge in [0.2, 0.25) is 0 Å². The van der Waals surface area contributed by atoms with Crippen LogP contribution in [0.15, 0.2) is 54.4 Å². The second-order valence-electron chi connectivity index (χ2n) is 6.28. The minimum Gasteiger partial charge on any atom is -0.337 e. The lowest BCUT2D eigenvalue weighted by molar-refractivity contribution is 0.196. The van der Waals surface area contributed by atoms with Crippen LogP contribution in [0.4, 0.5) is 4.79 Å². The molecule has 1 aromatic heterocycles. The van der Waals surface area contributed by atoms with Gasteiger partial charge in [0.05, 0.1) is 0 Å². The molecule has 4 nitrogen and oxygen atoms in total. The fraction of sp³-hybridized carbons (Fsp3) is 0.350. The first-order chi connectivity index (χ1) is 12.3. The molecule has 0 radical (unpaired) electrons. The lowest BCUT2D eigenvalue weighted by Crippen LogP contribution is -2.43. The molecule has 0 aliphatic carbocycles. The van der Waals surface area contributed by atoms with Crippen LogP contribution in [0.5, 0.6) is 0 Å². The van der Waals surface area contributed by atoms with Crippen molar-refractivity contribution in [3.8, 4) is 0 Å². The first-order valence-electron chi connectivity index (χ1n) is 8.71. The van der Waals surface area contributed by atoms with Gasteiger partial charge in [-0.05, 0) is 29.0 Å². The highest BCUT2D eigenvalue weighted by Gasteiger charge is 2.17. The number of nitrogens with one attached hydrogen (secondary N) is 1. The number of benzene rings is 1. The van der Waals surface area contributed by atoms with E-state index >= 15 is 0 Å². The van der Waals surface area contributed by atoms with E-state index in [-0.39, 0.29) is 6.03 Å². The van der Waals surface area contributed by atoms with Gasteiger partial charge in [-0.2, -0.15) is 0 Å². The van der Waals surface area contributed by atoms with Crippen molar-refractivity contribution in [2.75, 3.05) is 26.2 Å². The number of rotatable bonds is 7. The topological polar surface area (TPSA) is 35.6 Å². The largest absolute Gasteiger partial charge is 0.337 e. The van der Waals surface area contributed by atoms with E-state index in [1.165, 1.54) is 10.4 Å². The molecule has 2 amide bonds. The zero-order chi connectivity index (χ0) is 17.5. The molecule has 3 rings (SSSR count). The highest BCUT2D eigenvalue weighted by molar-refractivity contribution is 7.10. The van der Waals surface area contributed by atoms with Gasteiger partial charge in [-0.3, -0.25) is 4.90 Å². The number of carbonyl (C=O) groups is 1. The Bertz CT molecular complexity index is 698. The molecule has 0 saturated heterocycles. The predicted molar refractivity (Wildman–Crippen MR) is 104 cm³/mol. The summed E-state index contributed by atoms with van der Waals surface area (Å²) in [6.45, 7) is 8.53. The van der Waals surface area contributed by atoms with Crippen LogP contribution >= 0.6 is 11.3 Å². The number of fused-ring (bicyclic) bond motifs is 1. The summed E-state index contributed by atoms with van der Waals surface area (Å²) >= 11 is 1.85. The Morgan fingerprint density at radius 2 is 2.16 bits per heavy atom. The molecule has 1 aromatic carbocycles. The van der Waals surface area contributed by atoms with E-state index in [1.54, 1.807) is 11.0 Å². The standard InChI is InChI=1S/C20H25N3OS/c1-2-11-23(15-17-6-4-3-5-7-17)20(24)21-10-13-22-12-8-19-18(16-22)9-14-25-19/h2-7,9,14H,1,8,10-13,15-16H2,(H,21,24). The van der Waals surface area contributed by atoms with Crippen LogP contribution in [-0.4, -0.2) is 42.0 Å². The zero-order valence-electron chi connectivity index (χ0n) is 14.5. The van der Waals surface area contributed by atoms with Crippen molar-refractivity contribution in [1.82, 2.24) is 15.1 Å². The van der Waals surface area contributed by atoms with Crippen molar-refractivity contribution < 1.29 is 4.79 Å². The van der Waals surface area contributed by atoms with E-state index in [2.05, 4.69) is 28.2 Å². The van der Waals surface area contributed by atoms with Gasteiger partial charge >= 0.3 is 6.03 Å². The second kappa shape index (κ2) is 8.83. The minimum absolute atomic E-state index is 0.0306. The van der Waals surface area contributed by atoms with E-state index in [9.17, 15) is 4.79 Å². The Morgan fingerprint density at radius 3 is 2.96 bits per heavy atom. The van der Waals surface area contributed by atoms with Gasteiger partial charge in [0, 0.05) is 44.1 Å². The van der Waals surface area contributed by atoms with Gasteiger partial charge in [-0.1, -0.05) is 36.4 Å². The van der Waals surface area contributed by atoms with Crippen LogP contribution in [0.3, 0.4) is 0 Å². The predicted octanol–water partition coefficient (Wildman–Crippen LogP) is 3.50. The average molecular weight is 356 g/mol. The average Bonchev–Trinajstić information content (AvgIpc) is 3.10. The van der Waals surface area contributed by atoms with E-state index < -0.39 is 0 Å². The van der Waals surface area contributed by atoms with Crippen LogP contribution in [0, 0.1) is 0 Å². The highest BCUT2D eigenvalue weighted by Crippen LogP contribution is 2.23. The molecule has 0 unspecified atom stereocenters. The van der Waals surface area contributed by atoms with E-state index in [0.717, 1.165) is 31.6 Å². The van der Waals surface area contributed by atoms with Crippen LogP contribution in [-0.2, 0) is 19.5 Å². The summed E-state index contributed by atoms with van der Waals surface area (Å²) in [4.78, 5) is 18.2. The Hall–Kier alpha value is -2.11. The number of carbonyl (C=O) groups excluding carboxylic acids is 1. The fourth-order valence-electron chi connectivity index (χ4n) is 3.11. The van der Waals surface area contributed by atoms with Gasteiger partial charge in [-0.25, -0.2) is 4.79 Å². The summed E-state index contributed by atoms with van der Waals surface area (Å²) in [6.07, 6.45) is 2.89. The number of nitrogens with zero attached hydrogens (tertiary/aromatic N) is 2. The van der Waals surface area contributed by atoms with Crippen molar-refractivity contribution >= 4 is 17.4 Å². The maximum absolute atomic E-state index is 12.5. The maximum Gasteiger partial charge on any atom is 0.318 e. The third-order valence-electron chi connectivity index (χ3n) is 4.44. The third kappa shape index (κ3) is 4.94. The number of amides is 2. The monoisotopic (exact) mass is 355 g/mol. The van der Waals surface area contributed by atoms with Gasteiger partial charge in [0.25, 0.3) is 0 Å². The number of urea groups is 1. The first kappa shape index (κ1) is 17.7. The molecular formula is C20H25N3OS. The van der Waals surface area contributed by atoms with Gasteiger partial charge in [0.1, 0.15) is 0 Å². The second-order valence-corrected chi connectivity index (χ2v) is 7.28. The van der Waals surface area contributed by atoms with Crippen molar-refractivity contribution in [3.05, 3.63) is 70.4 Å². The van der Waals surface area contributed by atoms with Crippen LogP contribution in [0.2, 0.25) is 0 Å². The van der Waals surface area contributed by atoms with E-state index in [4.69, 9.17) is 0 Å². The summed E-state index contributed by atoms with van der Waals surface area (Å²) in [6, 6.07) is 12.2. The lowest BCUT2D eigenvalue weighted by Gasteiger charge is -2.27. The summed E-state index contributed by atoms with van der Waals surface area (Å²) < 4.78 is 0. The molecule has 0 saturated carbocycles. The quantitative estimate of drug-likeness (QED) is 0.772. The van der Waals surface area contributed by atoms with Gasteiger partial charge in [-0.15, -0.1) is 17.9 Å². The molecule has 0 atom stereocenters. The first-order valence-corrected chi connectivity index (χ1v) is 9.59. The van der Waals surface area contributed by atoms with Crippen LogP contribution in [0.1, 0.15) is 16.0 Å². The molecular weight excluding hydrogens is 330 g/mol. The Labute approximate surface area is 153 Å². The Morgan fingerprint density at radius 1 is 1.32 bits per heavy atom. The molecule has 0 bridgehead atoms. The molecule has 1 aliphatic heterocycles. The molecule has 2 heterocycles. The smallest absolute Gasteiger partial charge is 0.318 e. The van der Waals surface area contributed by atoms with Crippen LogP contribution < -0.4 is 5.32 Å². The summed E-state index contributed by atoms with van der Waals surface area (Å²) in [7, 11) is 0. The molecule has 0 fully saturated rings. The SMILES string of the molecule is C=CCN(Cc1ccccc1)C(=O)NCCN1CCc2sccc2C1. The third-order valence-corrected chi connectivity index (χ3v) is 5.47. The number of hydrogen-bond acceptors (Lipinski definition) is 3. The summed E-state index contributed by atoms with van der Waals surface area (Å²) in [5.74, 6) is 0. The fourth-order valence-corrected chi connectivity index (χ4v) is 4.00. The lowest BCUT2D eigenvalue weighted by atomic mass is 10.1. The van der Waals surface area contributed by atoms with E-state index in [1.807, 2.05) is 41.7 Å². The summed E-state index contributed by atoms with van der Waals surface area (Å²) in [5.41, 5.74) is 2.57. The van der Waals surface area contributed by atoms with Crippen molar-refractivity contribution in [2.45, 2.75) is 19.5 Å². The zero-order valence-corrected chi connectivity index (χ0v) is 15.3. The van der Waals surface area contributed by atoms with Gasteiger partial charge in [0.15, 0.2) is 0 Å². The molecule has 132 valence electrons. The van der Waals surface area contributed by atoms with Crippen molar-refractivity contribution in [3.63, 3.8) is 0 Å². The van der Waals surface area contributed by atoms with Crippen LogP contribution in [0.25, 0.3) is 0 Å². The maximum atomic E-state index is 12.5. The van der Waals surface area contributed by atoms with Crippen molar-refractivity contribution in [2.24, 2.45) is 0 Å². The molecule has 2 aromatic rings. The van der Waals surface area contributed by atoms with Gasteiger partial charge < -0.3 is 10.2 Å². The molecule has 1 aliphatic rings. The molecule has 1 N–H and O–H groups in total. The highest BCUT2D eigenvalue weighted by atomic mass is 32.1. The normalized spacial score (nSPS) is 13.9. The van der Waals surface area contributed by atoms with Crippen molar-refractivity contribution in [1.29, 1.82) is 0 Å². The summed E-state index contributed by atoms with van der Waals surface area (Å²) in [5, 5.41) is 5.23. The minimum atomic E-state index is -0.0306. The number of hydrogen-bond donors (Lipinski definition) is 1. The van der Waals surface area contributed by atoms with E-state index in [0.29, 0.717) is 19.6 Å². The molecule has 25 heavy (non-hydrogen) atoms.